The molecule has 1 aliphatic rings. The highest BCUT2D eigenvalue weighted by molar-refractivity contribution is 5.65. The van der Waals surface area contributed by atoms with Gasteiger partial charge in [0.25, 0.3) is 0 Å². The van der Waals surface area contributed by atoms with Gasteiger partial charge in [-0.1, -0.05) is 0 Å². The first kappa shape index (κ1) is 13.2. The van der Waals surface area contributed by atoms with Gasteiger partial charge in [0.05, 0.1) is 24.2 Å². The first-order valence-electron chi connectivity index (χ1n) is 5.68. The van der Waals surface area contributed by atoms with Crippen LogP contribution in [0.3, 0.4) is 0 Å². The number of nitro groups is 1. The minimum atomic E-state index is -0.607. The smallest absolute Gasteiger partial charge is 0.329 e. The van der Waals surface area contributed by atoms with Gasteiger partial charge in [0.15, 0.2) is 0 Å². The maximum Gasteiger partial charge on any atom is 0.329 e. The lowest BCUT2D eigenvalue weighted by Crippen LogP contribution is -2.44. The van der Waals surface area contributed by atoms with E-state index in [4.69, 9.17) is 15.1 Å². The Balaban J connectivity index is 2.39. The van der Waals surface area contributed by atoms with Crippen LogP contribution >= 0.6 is 0 Å². The van der Waals surface area contributed by atoms with Crippen LogP contribution in [0.5, 0.6) is 0 Å². The Morgan fingerprint density at radius 2 is 2.53 bits per heavy atom. The van der Waals surface area contributed by atoms with E-state index in [0.29, 0.717) is 19.7 Å². The predicted molar refractivity (Wildman–Crippen MR) is 64.6 cm³/mol. The van der Waals surface area contributed by atoms with E-state index in [-0.39, 0.29) is 23.7 Å². The normalized spacial score (nSPS) is 18.9. The molecular formula is C11H12N4O4. The minimum absolute atomic E-state index is 0.0259. The number of pyridine rings is 1. The number of morpholine rings is 1. The molecular weight excluding hydrogens is 252 g/mol. The zero-order valence-electron chi connectivity index (χ0n) is 10.0. The molecule has 1 N–H and O–H groups in total. The maximum absolute atomic E-state index is 11.1. The summed E-state index contributed by atoms with van der Waals surface area (Å²) in [7, 11) is 0. The van der Waals surface area contributed by atoms with E-state index in [1.807, 2.05) is 0 Å². The van der Waals surface area contributed by atoms with Crippen LogP contribution in [0.15, 0.2) is 12.3 Å². The molecule has 1 aromatic rings. The fraction of sp³-hybridized carbons (Fsp3) is 0.455. The van der Waals surface area contributed by atoms with Crippen LogP contribution in [0.4, 0.5) is 11.5 Å². The number of aliphatic hydroxyl groups is 1. The van der Waals surface area contributed by atoms with Crippen molar-refractivity contribution in [3.05, 3.63) is 27.9 Å². The van der Waals surface area contributed by atoms with Crippen molar-refractivity contribution in [2.75, 3.05) is 31.2 Å². The highest BCUT2D eigenvalue weighted by Gasteiger charge is 2.29. The van der Waals surface area contributed by atoms with Crippen LogP contribution in [-0.2, 0) is 4.74 Å². The second kappa shape index (κ2) is 5.60. The summed E-state index contributed by atoms with van der Waals surface area (Å²) in [4.78, 5) is 16.1. The first-order valence-corrected chi connectivity index (χ1v) is 5.68. The number of ether oxygens (including phenoxy) is 1. The summed E-state index contributed by atoms with van der Waals surface area (Å²) < 4.78 is 5.28. The molecule has 1 aliphatic heterocycles. The van der Waals surface area contributed by atoms with Gasteiger partial charge in [-0.2, -0.15) is 5.26 Å². The molecule has 1 saturated heterocycles. The summed E-state index contributed by atoms with van der Waals surface area (Å²) >= 11 is 0. The van der Waals surface area contributed by atoms with E-state index >= 15 is 0 Å². The molecule has 0 bridgehead atoms. The van der Waals surface area contributed by atoms with Gasteiger partial charge in [-0.3, -0.25) is 10.1 Å². The molecule has 0 saturated carbocycles. The molecule has 0 aromatic carbocycles. The Kier molecular flexibility index (Phi) is 3.89. The molecule has 0 spiro atoms. The third-order valence-corrected chi connectivity index (χ3v) is 2.85. The Hall–Kier alpha value is -2.24. The second-order valence-electron chi connectivity index (χ2n) is 4.02. The molecule has 1 fully saturated rings. The largest absolute Gasteiger partial charge is 0.394 e. The van der Waals surface area contributed by atoms with Crippen LogP contribution in [0, 0.1) is 21.4 Å². The molecule has 1 unspecified atom stereocenters. The van der Waals surface area contributed by atoms with Crippen molar-refractivity contribution in [2.45, 2.75) is 6.10 Å². The molecule has 1 atom stereocenters. The average Bonchev–Trinajstić information content (AvgIpc) is 2.46. The number of anilines is 1. The summed E-state index contributed by atoms with van der Waals surface area (Å²) in [5, 5.41) is 29.1. The van der Waals surface area contributed by atoms with Gasteiger partial charge in [0, 0.05) is 19.3 Å². The number of aliphatic hydroxyl groups excluding tert-OH is 1. The van der Waals surface area contributed by atoms with E-state index in [9.17, 15) is 10.1 Å². The second-order valence-corrected chi connectivity index (χ2v) is 4.02. The monoisotopic (exact) mass is 264 g/mol. The zero-order valence-corrected chi connectivity index (χ0v) is 10.0. The van der Waals surface area contributed by atoms with Gasteiger partial charge in [0.2, 0.25) is 5.82 Å². The number of nitriles is 1. The molecule has 2 heterocycles. The average molecular weight is 264 g/mol. The lowest BCUT2D eigenvalue weighted by Gasteiger charge is -2.32. The van der Waals surface area contributed by atoms with E-state index in [0.717, 1.165) is 0 Å². The van der Waals surface area contributed by atoms with Crippen molar-refractivity contribution in [3.8, 4) is 6.07 Å². The molecule has 8 heteroatoms. The summed E-state index contributed by atoms with van der Waals surface area (Å²) in [6, 6.07) is 3.10. The topological polar surface area (TPSA) is 113 Å². The van der Waals surface area contributed by atoms with Crippen LogP contribution in [-0.4, -0.2) is 47.4 Å². The molecule has 0 aliphatic carbocycles. The first-order chi connectivity index (χ1) is 9.17. The molecule has 19 heavy (non-hydrogen) atoms. The number of nitrogens with zero attached hydrogens (tertiary/aromatic N) is 4. The Morgan fingerprint density at radius 3 is 3.16 bits per heavy atom. The van der Waals surface area contributed by atoms with E-state index < -0.39 is 11.0 Å². The molecule has 8 nitrogen and oxygen atoms in total. The Bertz CT molecular complexity index is 528. The number of hydrogen-bond acceptors (Lipinski definition) is 7. The van der Waals surface area contributed by atoms with E-state index in [1.165, 1.54) is 12.3 Å². The lowest BCUT2D eigenvalue weighted by molar-refractivity contribution is -0.384. The predicted octanol–water partition coefficient (Wildman–Crippen LogP) is 0.0590. The van der Waals surface area contributed by atoms with Gasteiger partial charge in [-0.05, 0) is 6.07 Å². The van der Waals surface area contributed by atoms with Crippen LogP contribution in [0.25, 0.3) is 0 Å². The molecule has 100 valence electrons. The van der Waals surface area contributed by atoms with Gasteiger partial charge < -0.3 is 14.7 Å². The highest BCUT2D eigenvalue weighted by atomic mass is 16.6. The molecule has 0 amide bonds. The quantitative estimate of drug-likeness (QED) is 0.606. The van der Waals surface area contributed by atoms with Crippen molar-refractivity contribution in [3.63, 3.8) is 0 Å². The van der Waals surface area contributed by atoms with Gasteiger partial charge in [-0.25, -0.2) is 4.98 Å². The third kappa shape index (κ3) is 2.62. The summed E-state index contributed by atoms with van der Waals surface area (Å²) in [6.45, 7) is 0.918. The number of hydrogen-bond donors (Lipinski definition) is 1. The molecule has 2 rings (SSSR count). The van der Waals surface area contributed by atoms with Crippen molar-refractivity contribution >= 4 is 11.5 Å². The van der Waals surface area contributed by atoms with Crippen molar-refractivity contribution in [1.29, 1.82) is 5.26 Å². The zero-order chi connectivity index (χ0) is 13.8. The SMILES string of the molecule is N#Cc1ccnc(N2CCOC(CO)C2)c1[N+](=O)[O-]. The standard InChI is InChI=1S/C11H12N4O4/c12-5-8-1-2-13-11(10(8)15(17)18)14-3-4-19-9(6-14)7-16/h1-2,9,16H,3-4,6-7H2. The van der Waals surface area contributed by atoms with Crippen molar-refractivity contribution < 1.29 is 14.8 Å². The summed E-state index contributed by atoms with van der Waals surface area (Å²) in [5.74, 6) is 0.144. The fourth-order valence-corrected chi connectivity index (χ4v) is 1.97. The number of aromatic nitrogens is 1. The van der Waals surface area contributed by atoms with Gasteiger partial charge >= 0.3 is 5.69 Å². The summed E-state index contributed by atoms with van der Waals surface area (Å²) in [5.41, 5.74) is -0.328. The Morgan fingerprint density at radius 1 is 1.74 bits per heavy atom. The van der Waals surface area contributed by atoms with Gasteiger partial charge in [0.1, 0.15) is 11.6 Å². The molecule has 0 radical (unpaired) electrons. The van der Waals surface area contributed by atoms with E-state index in [1.54, 1.807) is 11.0 Å². The lowest BCUT2D eigenvalue weighted by atomic mass is 10.2. The minimum Gasteiger partial charge on any atom is -0.394 e. The Labute approximate surface area is 109 Å². The van der Waals surface area contributed by atoms with Crippen LogP contribution < -0.4 is 4.90 Å². The third-order valence-electron chi connectivity index (χ3n) is 2.85. The van der Waals surface area contributed by atoms with Crippen molar-refractivity contribution in [2.24, 2.45) is 0 Å². The van der Waals surface area contributed by atoms with Gasteiger partial charge in [-0.15, -0.1) is 0 Å². The summed E-state index contributed by atoms with van der Waals surface area (Å²) in [6.07, 6.45) is 0.963. The van der Waals surface area contributed by atoms with Crippen LogP contribution in [0.2, 0.25) is 0 Å². The van der Waals surface area contributed by atoms with E-state index in [2.05, 4.69) is 4.98 Å². The highest BCUT2D eigenvalue weighted by Crippen LogP contribution is 2.30. The number of rotatable bonds is 3. The fourth-order valence-electron chi connectivity index (χ4n) is 1.97. The molecule has 1 aromatic heterocycles. The van der Waals surface area contributed by atoms with Crippen molar-refractivity contribution in [1.82, 2.24) is 4.98 Å². The maximum atomic E-state index is 11.1. The van der Waals surface area contributed by atoms with Crippen LogP contribution in [0.1, 0.15) is 5.56 Å².